The zero-order valence-corrected chi connectivity index (χ0v) is 27.8. The number of carbonyl (C=O) groups is 2. The molecule has 8 nitrogen and oxygen atoms in total. The van der Waals surface area contributed by atoms with E-state index in [-0.39, 0.29) is 34.5 Å². The SMILES string of the molecule is CCCCC1(CC2CC=C(NOC)CC2)CCC2(CCN(C3(C)CCN(C(=O)C4C(C)CCNC4C)CC3)CC2)OC1=O. The van der Waals surface area contributed by atoms with Crippen molar-refractivity contribution in [2.75, 3.05) is 39.8 Å². The van der Waals surface area contributed by atoms with E-state index in [1.165, 1.54) is 0 Å². The van der Waals surface area contributed by atoms with E-state index in [4.69, 9.17) is 9.57 Å². The molecule has 4 heterocycles. The molecule has 0 bridgehead atoms. The molecule has 5 rings (SSSR count). The second-order valence-electron chi connectivity index (χ2n) is 15.2. The molecule has 4 fully saturated rings. The van der Waals surface area contributed by atoms with Gasteiger partial charge in [0.1, 0.15) is 5.60 Å². The number of esters is 1. The van der Waals surface area contributed by atoms with E-state index in [1.807, 2.05) is 0 Å². The van der Waals surface area contributed by atoms with Crippen LogP contribution >= 0.6 is 0 Å². The van der Waals surface area contributed by atoms with Crippen molar-refractivity contribution in [1.29, 1.82) is 0 Å². The highest BCUT2D eigenvalue weighted by Gasteiger charge is 2.53. The Kier molecular flexibility index (Phi) is 10.5. The summed E-state index contributed by atoms with van der Waals surface area (Å²) in [5.74, 6) is 1.51. The summed E-state index contributed by atoms with van der Waals surface area (Å²) < 4.78 is 6.56. The number of rotatable bonds is 9. The lowest BCUT2D eigenvalue weighted by Crippen LogP contribution is -2.61. The number of hydroxylamine groups is 1. The molecule has 0 aromatic rings. The van der Waals surface area contributed by atoms with Crippen molar-refractivity contribution in [3.63, 3.8) is 0 Å². The first kappa shape index (κ1) is 32.7. The molecule has 1 amide bonds. The molecule has 1 spiro atoms. The first-order valence-corrected chi connectivity index (χ1v) is 17.6. The molecule has 0 saturated carbocycles. The van der Waals surface area contributed by atoms with Crippen LogP contribution in [-0.2, 0) is 19.2 Å². The summed E-state index contributed by atoms with van der Waals surface area (Å²) in [6.07, 6.45) is 16.4. The molecule has 4 aliphatic heterocycles. The van der Waals surface area contributed by atoms with E-state index >= 15 is 0 Å². The van der Waals surface area contributed by atoms with Crippen LogP contribution in [0.3, 0.4) is 0 Å². The Morgan fingerprint density at radius 3 is 2.44 bits per heavy atom. The molecule has 0 radical (unpaired) electrons. The molecular weight excluding hydrogens is 540 g/mol. The van der Waals surface area contributed by atoms with Gasteiger partial charge in [0.15, 0.2) is 0 Å². The fourth-order valence-electron chi connectivity index (χ4n) is 9.14. The highest BCUT2D eigenvalue weighted by atomic mass is 16.6. The third kappa shape index (κ3) is 7.12. The maximum absolute atomic E-state index is 13.9. The van der Waals surface area contributed by atoms with Gasteiger partial charge in [-0.05, 0) is 109 Å². The third-order valence-electron chi connectivity index (χ3n) is 12.3. The highest BCUT2D eigenvalue weighted by molar-refractivity contribution is 5.80. The van der Waals surface area contributed by atoms with Crippen LogP contribution in [0.2, 0.25) is 0 Å². The van der Waals surface area contributed by atoms with Crippen LogP contribution in [-0.4, -0.2) is 78.7 Å². The minimum absolute atomic E-state index is 0.0872. The van der Waals surface area contributed by atoms with E-state index in [2.05, 4.69) is 54.4 Å². The molecule has 8 heteroatoms. The Labute approximate surface area is 261 Å². The number of ether oxygens (including phenoxy) is 1. The van der Waals surface area contributed by atoms with Gasteiger partial charge in [-0.15, -0.1) is 0 Å². The standard InChI is InChI=1S/C35H60N4O4/c1-6-7-13-34(25-28-8-10-29(11-9-28)37-42-5)14-15-35(43-32(34)41)18-23-39(24-19-35)33(4)16-21-38(22-17-33)31(40)30-26(2)12-20-36-27(30)3/h10,26-28,30,36-37H,6-9,11-25H2,1-5H3. The van der Waals surface area contributed by atoms with E-state index in [0.29, 0.717) is 17.7 Å². The molecular formula is C35H60N4O4. The van der Waals surface area contributed by atoms with Crippen molar-refractivity contribution >= 4 is 11.9 Å². The van der Waals surface area contributed by atoms with Gasteiger partial charge >= 0.3 is 5.97 Å². The largest absolute Gasteiger partial charge is 0.459 e. The molecule has 244 valence electrons. The Morgan fingerprint density at radius 2 is 1.84 bits per heavy atom. The van der Waals surface area contributed by atoms with Crippen LogP contribution < -0.4 is 10.8 Å². The quantitative estimate of drug-likeness (QED) is 0.264. The van der Waals surface area contributed by atoms with Crippen LogP contribution in [0.15, 0.2) is 11.8 Å². The van der Waals surface area contributed by atoms with Crippen molar-refractivity contribution in [2.45, 2.75) is 135 Å². The number of carbonyl (C=O) groups excluding carboxylic acids is 2. The second-order valence-corrected chi connectivity index (χ2v) is 15.2. The van der Waals surface area contributed by atoms with E-state index in [0.717, 1.165) is 128 Å². The summed E-state index contributed by atoms with van der Waals surface area (Å²) >= 11 is 0. The fourth-order valence-corrected chi connectivity index (χ4v) is 9.14. The first-order valence-electron chi connectivity index (χ1n) is 17.6. The van der Waals surface area contributed by atoms with Crippen LogP contribution in [0, 0.1) is 23.2 Å². The van der Waals surface area contributed by atoms with Gasteiger partial charge in [-0.1, -0.05) is 32.8 Å². The lowest BCUT2D eigenvalue weighted by molar-refractivity contribution is -0.197. The van der Waals surface area contributed by atoms with Crippen molar-refractivity contribution in [3.8, 4) is 0 Å². The number of amides is 1. The minimum Gasteiger partial charge on any atom is -0.459 e. The van der Waals surface area contributed by atoms with Gasteiger partial charge in [-0.3, -0.25) is 24.8 Å². The molecule has 5 atom stereocenters. The Bertz CT molecular complexity index is 990. The predicted octanol–water partition coefficient (Wildman–Crippen LogP) is 5.57. The van der Waals surface area contributed by atoms with Crippen molar-refractivity contribution in [3.05, 3.63) is 11.8 Å². The zero-order valence-electron chi connectivity index (χ0n) is 27.8. The predicted molar refractivity (Wildman–Crippen MR) is 170 cm³/mol. The lowest BCUT2D eigenvalue weighted by Gasteiger charge is -2.54. The lowest BCUT2D eigenvalue weighted by atomic mass is 9.66. The smallest absolute Gasteiger partial charge is 0.312 e. The monoisotopic (exact) mass is 600 g/mol. The third-order valence-corrected chi connectivity index (χ3v) is 12.3. The van der Waals surface area contributed by atoms with Gasteiger partial charge in [0, 0.05) is 43.5 Å². The van der Waals surface area contributed by atoms with Gasteiger partial charge < -0.3 is 15.0 Å². The first-order chi connectivity index (χ1) is 20.6. The molecule has 2 N–H and O–H groups in total. The number of hydrogen-bond acceptors (Lipinski definition) is 7. The Hall–Kier alpha value is -1.64. The summed E-state index contributed by atoms with van der Waals surface area (Å²) in [5.41, 5.74) is 3.65. The second kappa shape index (κ2) is 13.8. The van der Waals surface area contributed by atoms with Crippen LogP contribution in [0.25, 0.3) is 0 Å². The maximum Gasteiger partial charge on any atom is 0.312 e. The molecule has 0 aromatic heterocycles. The number of nitrogens with one attached hydrogen (secondary N) is 2. The van der Waals surface area contributed by atoms with Gasteiger partial charge in [0.25, 0.3) is 0 Å². The number of allylic oxidation sites excluding steroid dienone is 2. The summed E-state index contributed by atoms with van der Waals surface area (Å²) in [4.78, 5) is 37.3. The maximum atomic E-state index is 13.9. The summed E-state index contributed by atoms with van der Waals surface area (Å²) in [5, 5.41) is 3.52. The summed E-state index contributed by atoms with van der Waals surface area (Å²) in [6.45, 7) is 13.7. The van der Waals surface area contributed by atoms with E-state index in [1.54, 1.807) is 7.11 Å². The van der Waals surface area contributed by atoms with Gasteiger partial charge in [0.05, 0.1) is 18.4 Å². The molecule has 5 unspecified atom stereocenters. The topological polar surface area (TPSA) is 83.1 Å². The van der Waals surface area contributed by atoms with Crippen LogP contribution in [0.5, 0.6) is 0 Å². The zero-order chi connectivity index (χ0) is 30.7. The summed E-state index contributed by atoms with van der Waals surface area (Å²) in [7, 11) is 1.66. The average molecular weight is 601 g/mol. The Morgan fingerprint density at radius 1 is 1.09 bits per heavy atom. The highest BCUT2D eigenvalue weighted by Crippen LogP contribution is 2.50. The van der Waals surface area contributed by atoms with E-state index < -0.39 is 0 Å². The molecule has 5 aliphatic rings. The molecule has 4 saturated heterocycles. The average Bonchev–Trinajstić information content (AvgIpc) is 3.00. The molecule has 0 aromatic carbocycles. The van der Waals surface area contributed by atoms with Gasteiger partial charge in [-0.25, -0.2) is 0 Å². The molecule has 43 heavy (non-hydrogen) atoms. The van der Waals surface area contributed by atoms with E-state index in [9.17, 15) is 9.59 Å². The number of likely N-dealkylation sites (tertiary alicyclic amines) is 2. The van der Waals surface area contributed by atoms with Crippen LogP contribution in [0.4, 0.5) is 0 Å². The minimum atomic E-state index is -0.322. The van der Waals surface area contributed by atoms with Crippen LogP contribution in [0.1, 0.15) is 118 Å². The normalized spacial score (nSPS) is 34.9. The number of nitrogens with zero attached hydrogens (tertiary/aromatic N) is 2. The number of piperidine rings is 3. The van der Waals surface area contributed by atoms with Crippen molar-refractivity contribution in [1.82, 2.24) is 20.6 Å². The fraction of sp³-hybridized carbons (Fsp3) is 0.886. The molecule has 1 aliphatic carbocycles. The van der Waals surface area contributed by atoms with Crippen molar-refractivity contribution in [2.24, 2.45) is 23.2 Å². The van der Waals surface area contributed by atoms with Gasteiger partial charge in [0.2, 0.25) is 5.91 Å². The summed E-state index contributed by atoms with van der Waals surface area (Å²) in [6, 6.07) is 0.257. The van der Waals surface area contributed by atoms with Crippen molar-refractivity contribution < 1.29 is 19.2 Å². The van der Waals surface area contributed by atoms with Gasteiger partial charge in [-0.2, -0.15) is 0 Å². The Balaban J connectivity index is 1.14. The number of hydrogen-bond donors (Lipinski definition) is 2. The number of unbranched alkanes of at least 4 members (excludes halogenated alkanes) is 1.